The van der Waals surface area contributed by atoms with E-state index in [0.29, 0.717) is 11.3 Å². The molecular weight excluding hydrogens is 190 g/mol. The van der Waals surface area contributed by atoms with E-state index in [-0.39, 0.29) is 0 Å². The zero-order valence-electron chi connectivity index (χ0n) is 7.78. The molecule has 0 fully saturated rings. The van der Waals surface area contributed by atoms with Gasteiger partial charge in [0, 0.05) is 5.56 Å². The summed E-state index contributed by atoms with van der Waals surface area (Å²) < 4.78 is 29.9. The topological polar surface area (TPSA) is 29.5 Å². The number of rotatable bonds is 4. The summed E-state index contributed by atoms with van der Waals surface area (Å²) in [6.45, 7) is -0.585. The Morgan fingerprint density at radius 1 is 1.36 bits per heavy atom. The van der Waals surface area contributed by atoms with Gasteiger partial charge in [0.2, 0.25) is 6.43 Å². The summed E-state index contributed by atoms with van der Waals surface area (Å²) in [5, 5.41) is 8.83. The van der Waals surface area contributed by atoms with Crippen molar-refractivity contribution >= 4 is 0 Å². The van der Waals surface area contributed by atoms with E-state index < -0.39 is 19.0 Å². The van der Waals surface area contributed by atoms with Crippen molar-refractivity contribution in [3.63, 3.8) is 0 Å². The van der Waals surface area contributed by atoms with Gasteiger partial charge in [0.15, 0.2) is 0 Å². The number of methoxy groups -OCH3 is 1. The van der Waals surface area contributed by atoms with Crippen molar-refractivity contribution in [3.8, 4) is 5.75 Å². The van der Waals surface area contributed by atoms with Gasteiger partial charge < -0.3 is 9.84 Å². The molecule has 4 heteroatoms. The Labute approximate surface area is 81.1 Å². The second kappa shape index (κ2) is 4.91. The molecule has 1 aromatic rings. The summed E-state index contributed by atoms with van der Waals surface area (Å²) in [4.78, 5) is 0. The number of hydrogen-bond donors (Lipinski definition) is 1. The first kappa shape index (κ1) is 10.9. The highest BCUT2D eigenvalue weighted by molar-refractivity contribution is 5.36. The number of halogens is 2. The molecule has 0 aromatic heterocycles. The molecular formula is C10H12F2O2. The van der Waals surface area contributed by atoms with Crippen LogP contribution in [0.25, 0.3) is 0 Å². The van der Waals surface area contributed by atoms with E-state index in [0.717, 1.165) is 0 Å². The number of alkyl halides is 2. The van der Waals surface area contributed by atoms with Crippen LogP contribution in [0.5, 0.6) is 5.75 Å². The lowest BCUT2D eigenvalue weighted by Crippen LogP contribution is -2.14. The van der Waals surface area contributed by atoms with E-state index >= 15 is 0 Å². The molecule has 1 N–H and O–H groups in total. The third kappa shape index (κ3) is 2.20. The number of benzene rings is 1. The quantitative estimate of drug-likeness (QED) is 0.809. The smallest absolute Gasteiger partial charge is 0.247 e. The minimum absolute atomic E-state index is 0.340. The van der Waals surface area contributed by atoms with E-state index in [2.05, 4.69) is 0 Å². The SMILES string of the molecule is COc1ccccc1C(CO)C(F)F. The van der Waals surface area contributed by atoms with Gasteiger partial charge in [-0.3, -0.25) is 0 Å². The van der Waals surface area contributed by atoms with Crippen LogP contribution in [0.15, 0.2) is 24.3 Å². The minimum atomic E-state index is -2.59. The Morgan fingerprint density at radius 3 is 2.50 bits per heavy atom. The van der Waals surface area contributed by atoms with Gasteiger partial charge in [-0.2, -0.15) is 0 Å². The van der Waals surface area contributed by atoms with Crippen molar-refractivity contribution in [3.05, 3.63) is 29.8 Å². The Balaban J connectivity index is 3.02. The Hall–Kier alpha value is -1.16. The van der Waals surface area contributed by atoms with E-state index in [1.807, 2.05) is 0 Å². The zero-order chi connectivity index (χ0) is 10.6. The van der Waals surface area contributed by atoms with Crippen LogP contribution in [0.3, 0.4) is 0 Å². The molecule has 0 aliphatic heterocycles. The molecule has 0 aliphatic rings. The molecule has 14 heavy (non-hydrogen) atoms. The molecule has 1 aromatic carbocycles. The Bertz CT molecular complexity index is 289. The van der Waals surface area contributed by atoms with Crippen LogP contribution in [0, 0.1) is 0 Å². The lowest BCUT2D eigenvalue weighted by Gasteiger charge is -2.16. The first-order valence-corrected chi connectivity index (χ1v) is 4.22. The fourth-order valence-electron chi connectivity index (χ4n) is 1.29. The van der Waals surface area contributed by atoms with Crippen LogP contribution in [0.2, 0.25) is 0 Å². The van der Waals surface area contributed by atoms with Crippen molar-refractivity contribution in [1.29, 1.82) is 0 Å². The van der Waals surface area contributed by atoms with Gasteiger partial charge in [0.25, 0.3) is 0 Å². The first-order valence-electron chi connectivity index (χ1n) is 4.22. The maximum Gasteiger partial charge on any atom is 0.247 e. The van der Waals surface area contributed by atoms with Gasteiger partial charge in [-0.1, -0.05) is 18.2 Å². The molecule has 0 saturated heterocycles. The summed E-state index contributed by atoms with van der Waals surface area (Å²) in [5.41, 5.74) is 0.340. The lowest BCUT2D eigenvalue weighted by molar-refractivity contribution is 0.0798. The molecule has 78 valence electrons. The molecule has 0 amide bonds. The molecule has 0 aliphatic carbocycles. The molecule has 0 saturated carbocycles. The number of para-hydroxylation sites is 1. The van der Waals surface area contributed by atoms with Crippen LogP contribution < -0.4 is 4.74 Å². The molecule has 0 bridgehead atoms. The highest BCUT2D eigenvalue weighted by atomic mass is 19.3. The highest BCUT2D eigenvalue weighted by Gasteiger charge is 2.24. The van der Waals surface area contributed by atoms with Crippen LogP contribution in [0.4, 0.5) is 8.78 Å². The van der Waals surface area contributed by atoms with Crippen LogP contribution in [-0.2, 0) is 0 Å². The predicted molar refractivity (Wildman–Crippen MR) is 48.8 cm³/mol. The second-order valence-corrected chi connectivity index (χ2v) is 2.87. The normalized spacial score (nSPS) is 12.9. The molecule has 0 heterocycles. The lowest BCUT2D eigenvalue weighted by atomic mass is 9.99. The van der Waals surface area contributed by atoms with E-state index in [1.54, 1.807) is 18.2 Å². The molecule has 0 spiro atoms. The van der Waals surface area contributed by atoms with Crippen molar-refractivity contribution in [1.82, 2.24) is 0 Å². The maximum atomic E-state index is 12.5. The zero-order valence-corrected chi connectivity index (χ0v) is 7.78. The third-order valence-corrected chi connectivity index (χ3v) is 2.04. The van der Waals surface area contributed by atoms with E-state index in [9.17, 15) is 8.78 Å². The number of aliphatic hydroxyl groups is 1. The average Bonchev–Trinajstić information content (AvgIpc) is 2.19. The van der Waals surface area contributed by atoms with Crippen LogP contribution >= 0.6 is 0 Å². The van der Waals surface area contributed by atoms with Crippen molar-refractivity contribution < 1.29 is 18.6 Å². The summed E-state index contributed by atoms with van der Waals surface area (Å²) >= 11 is 0. The third-order valence-electron chi connectivity index (χ3n) is 2.04. The van der Waals surface area contributed by atoms with Gasteiger partial charge >= 0.3 is 0 Å². The fraction of sp³-hybridized carbons (Fsp3) is 0.400. The molecule has 2 nitrogen and oxygen atoms in total. The molecule has 0 radical (unpaired) electrons. The van der Waals surface area contributed by atoms with Gasteiger partial charge in [0.1, 0.15) is 5.75 Å². The largest absolute Gasteiger partial charge is 0.496 e. The van der Waals surface area contributed by atoms with Crippen molar-refractivity contribution in [2.24, 2.45) is 0 Å². The standard InChI is InChI=1S/C10H12F2O2/c1-14-9-5-3-2-4-7(9)8(6-13)10(11)12/h2-5,8,10,13H,6H2,1H3. The molecule has 1 unspecified atom stereocenters. The monoisotopic (exact) mass is 202 g/mol. The first-order chi connectivity index (χ1) is 6.70. The van der Waals surface area contributed by atoms with Gasteiger partial charge in [-0.15, -0.1) is 0 Å². The highest BCUT2D eigenvalue weighted by Crippen LogP contribution is 2.30. The number of aliphatic hydroxyl groups excluding tert-OH is 1. The van der Waals surface area contributed by atoms with Crippen LogP contribution in [-0.4, -0.2) is 25.2 Å². The maximum absolute atomic E-state index is 12.5. The summed E-state index contributed by atoms with van der Waals surface area (Å²) in [7, 11) is 1.42. The fourth-order valence-corrected chi connectivity index (χ4v) is 1.29. The Kier molecular flexibility index (Phi) is 3.83. The predicted octanol–water partition coefficient (Wildman–Crippen LogP) is 2.04. The summed E-state index contributed by atoms with van der Waals surface area (Å²) in [5.74, 6) is -0.794. The van der Waals surface area contributed by atoms with E-state index in [1.165, 1.54) is 13.2 Å². The number of hydrogen-bond acceptors (Lipinski definition) is 2. The van der Waals surface area contributed by atoms with Crippen molar-refractivity contribution in [2.75, 3.05) is 13.7 Å². The van der Waals surface area contributed by atoms with Crippen molar-refractivity contribution in [2.45, 2.75) is 12.3 Å². The summed E-state index contributed by atoms with van der Waals surface area (Å²) in [6, 6.07) is 6.47. The van der Waals surface area contributed by atoms with E-state index in [4.69, 9.17) is 9.84 Å². The second-order valence-electron chi connectivity index (χ2n) is 2.87. The Morgan fingerprint density at radius 2 is 2.00 bits per heavy atom. The number of ether oxygens (including phenoxy) is 1. The van der Waals surface area contributed by atoms with Gasteiger partial charge in [-0.05, 0) is 6.07 Å². The molecule has 1 atom stereocenters. The van der Waals surface area contributed by atoms with Crippen LogP contribution in [0.1, 0.15) is 11.5 Å². The summed E-state index contributed by atoms with van der Waals surface area (Å²) in [6.07, 6.45) is -2.59. The molecule has 1 rings (SSSR count). The van der Waals surface area contributed by atoms with Gasteiger partial charge in [-0.25, -0.2) is 8.78 Å². The average molecular weight is 202 g/mol. The van der Waals surface area contributed by atoms with Gasteiger partial charge in [0.05, 0.1) is 19.6 Å². The minimum Gasteiger partial charge on any atom is -0.496 e.